The molecule has 17 heavy (non-hydrogen) atoms. The van der Waals surface area contributed by atoms with E-state index in [0.717, 1.165) is 0 Å². The first-order valence-corrected chi connectivity index (χ1v) is 4.77. The Morgan fingerprint density at radius 3 is 2.12 bits per heavy atom. The molecule has 0 aliphatic heterocycles. The van der Waals surface area contributed by atoms with Gasteiger partial charge >= 0.3 is 11.9 Å². The van der Waals surface area contributed by atoms with Gasteiger partial charge in [0.2, 0.25) is 5.78 Å². The lowest BCUT2D eigenvalue weighted by molar-refractivity contribution is -0.158. The molecule has 0 aromatic rings. The molecule has 0 saturated heterocycles. The second kappa shape index (κ2) is 7.71. The molecule has 0 amide bonds. The summed E-state index contributed by atoms with van der Waals surface area (Å²) in [5, 5.41) is 34.7. The molecule has 0 saturated carbocycles. The molecule has 0 aromatic carbocycles. The number of aliphatic carboxylic acids is 1. The van der Waals surface area contributed by atoms with Gasteiger partial charge in [-0.3, -0.25) is 9.59 Å². The van der Waals surface area contributed by atoms with Gasteiger partial charge < -0.3 is 25.2 Å². The highest BCUT2D eigenvalue weighted by molar-refractivity contribution is 6.33. The highest BCUT2D eigenvalue weighted by atomic mass is 16.5. The second-order valence-corrected chi connectivity index (χ2v) is 3.23. The van der Waals surface area contributed by atoms with E-state index in [-0.39, 0.29) is 0 Å². The maximum atomic E-state index is 11.0. The Bertz CT molecular complexity index is 287. The number of hydrogen-bond acceptors (Lipinski definition) is 7. The lowest BCUT2D eigenvalue weighted by atomic mass is 10.2. The number of carboxylic acids is 1. The Labute approximate surface area is 96.4 Å². The molecule has 8 nitrogen and oxygen atoms in total. The summed E-state index contributed by atoms with van der Waals surface area (Å²) in [5.41, 5.74) is 0. The molecule has 8 heteroatoms. The first kappa shape index (κ1) is 15.5. The molecular formula is C9H14O8. The van der Waals surface area contributed by atoms with E-state index in [0.29, 0.717) is 0 Å². The summed E-state index contributed by atoms with van der Waals surface area (Å²) in [6.07, 6.45) is -3.96. The van der Waals surface area contributed by atoms with Crippen molar-refractivity contribution in [2.45, 2.75) is 25.0 Å². The van der Waals surface area contributed by atoms with E-state index < -0.39 is 56.0 Å². The van der Waals surface area contributed by atoms with Crippen LogP contribution in [0.2, 0.25) is 0 Å². The monoisotopic (exact) mass is 250 g/mol. The number of ketones is 1. The minimum Gasteiger partial charge on any atom is -0.481 e. The zero-order chi connectivity index (χ0) is 13.4. The average Bonchev–Trinajstić information content (AvgIpc) is 2.31. The molecule has 0 bridgehead atoms. The van der Waals surface area contributed by atoms with Gasteiger partial charge in [0.1, 0.15) is 18.8 Å². The third-order valence-electron chi connectivity index (χ3n) is 1.81. The third kappa shape index (κ3) is 6.61. The van der Waals surface area contributed by atoms with Crippen LogP contribution in [0.3, 0.4) is 0 Å². The van der Waals surface area contributed by atoms with Crippen LogP contribution in [0.5, 0.6) is 0 Å². The van der Waals surface area contributed by atoms with Crippen LogP contribution in [0.4, 0.5) is 0 Å². The van der Waals surface area contributed by atoms with Crippen LogP contribution >= 0.6 is 0 Å². The van der Waals surface area contributed by atoms with Crippen molar-refractivity contribution in [3.8, 4) is 0 Å². The van der Waals surface area contributed by atoms with Crippen molar-refractivity contribution in [1.82, 2.24) is 0 Å². The molecule has 2 atom stereocenters. The fourth-order valence-electron chi connectivity index (χ4n) is 0.797. The SMILES string of the molecule is O=C(O)CCC(=O)C(=O)OC[C@H](O)[C@H](O)CO. The van der Waals surface area contributed by atoms with E-state index >= 15 is 0 Å². The predicted octanol–water partition coefficient (Wildman–Crippen LogP) is -2.32. The van der Waals surface area contributed by atoms with E-state index in [1.54, 1.807) is 0 Å². The summed E-state index contributed by atoms with van der Waals surface area (Å²) < 4.78 is 4.32. The predicted molar refractivity (Wildman–Crippen MR) is 51.9 cm³/mol. The lowest BCUT2D eigenvalue weighted by Gasteiger charge is -2.14. The topological polar surface area (TPSA) is 141 Å². The number of carbonyl (C=O) groups excluding carboxylic acids is 2. The van der Waals surface area contributed by atoms with Crippen molar-refractivity contribution in [2.75, 3.05) is 13.2 Å². The summed E-state index contributed by atoms with van der Waals surface area (Å²) >= 11 is 0. The van der Waals surface area contributed by atoms with Crippen molar-refractivity contribution < 1.29 is 39.5 Å². The first-order valence-electron chi connectivity index (χ1n) is 4.77. The molecule has 0 radical (unpaired) electrons. The fraction of sp³-hybridized carbons (Fsp3) is 0.667. The van der Waals surface area contributed by atoms with Crippen LogP contribution in [0.15, 0.2) is 0 Å². The largest absolute Gasteiger partial charge is 0.481 e. The van der Waals surface area contributed by atoms with Crippen LogP contribution < -0.4 is 0 Å². The van der Waals surface area contributed by atoms with Crippen molar-refractivity contribution in [3.63, 3.8) is 0 Å². The van der Waals surface area contributed by atoms with Gasteiger partial charge in [-0.25, -0.2) is 4.79 Å². The Kier molecular flexibility index (Phi) is 7.03. The van der Waals surface area contributed by atoms with E-state index in [1.165, 1.54) is 0 Å². The van der Waals surface area contributed by atoms with Gasteiger partial charge in [-0.2, -0.15) is 0 Å². The van der Waals surface area contributed by atoms with Gasteiger partial charge in [0.15, 0.2) is 0 Å². The molecule has 0 spiro atoms. The highest BCUT2D eigenvalue weighted by Gasteiger charge is 2.21. The second-order valence-electron chi connectivity index (χ2n) is 3.23. The molecule has 0 aliphatic carbocycles. The van der Waals surface area contributed by atoms with Gasteiger partial charge in [0, 0.05) is 6.42 Å². The molecule has 4 N–H and O–H groups in total. The maximum absolute atomic E-state index is 11.0. The summed E-state index contributed by atoms with van der Waals surface area (Å²) in [7, 11) is 0. The normalized spacial score (nSPS) is 13.8. The fourth-order valence-corrected chi connectivity index (χ4v) is 0.797. The Morgan fingerprint density at radius 1 is 1.06 bits per heavy atom. The highest BCUT2D eigenvalue weighted by Crippen LogP contribution is 1.97. The Balaban J connectivity index is 3.93. The quantitative estimate of drug-likeness (QED) is 0.278. The van der Waals surface area contributed by atoms with Crippen LogP contribution in [-0.2, 0) is 19.1 Å². The molecular weight excluding hydrogens is 236 g/mol. The standard InChI is InChI=1S/C9H14O8/c10-3-6(12)7(13)4-17-9(16)5(11)1-2-8(14)15/h6-7,10,12-13H,1-4H2,(H,14,15)/t6-,7+/m1/s1. The average molecular weight is 250 g/mol. The van der Waals surface area contributed by atoms with Crippen LogP contribution in [0.25, 0.3) is 0 Å². The Hall–Kier alpha value is -1.51. The van der Waals surface area contributed by atoms with E-state index in [9.17, 15) is 14.4 Å². The zero-order valence-corrected chi connectivity index (χ0v) is 8.90. The minimum absolute atomic E-state index is 0.490. The van der Waals surface area contributed by atoms with Gasteiger partial charge in [-0.1, -0.05) is 0 Å². The lowest BCUT2D eigenvalue weighted by Crippen LogP contribution is -2.35. The number of carboxylic acid groups (broad SMARTS) is 1. The maximum Gasteiger partial charge on any atom is 0.374 e. The molecule has 0 fully saturated rings. The van der Waals surface area contributed by atoms with E-state index in [4.69, 9.17) is 20.4 Å². The summed E-state index contributed by atoms with van der Waals surface area (Å²) in [4.78, 5) is 32.0. The van der Waals surface area contributed by atoms with Gasteiger partial charge in [-0.05, 0) is 0 Å². The number of esters is 1. The third-order valence-corrected chi connectivity index (χ3v) is 1.81. The van der Waals surface area contributed by atoms with Crippen molar-refractivity contribution in [3.05, 3.63) is 0 Å². The van der Waals surface area contributed by atoms with Crippen molar-refractivity contribution in [2.24, 2.45) is 0 Å². The number of rotatable bonds is 8. The van der Waals surface area contributed by atoms with E-state index in [2.05, 4.69) is 4.74 Å². The molecule has 98 valence electrons. The molecule has 0 aliphatic rings. The van der Waals surface area contributed by atoms with E-state index in [1.807, 2.05) is 0 Å². The van der Waals surface area contributed by atoms with Crippen LogP contribution in [0.1, 0.15) is 12.8 Å². The molecule has 0 heterocycles. The summed E-state index contributed by atoms with van der Waals surface area (Å²) in [5.74, 6) is -3.53. The Morgan fingerprint density at radius 2 is 1.65 bits per heavy atom. The molecule has 0 unspecified atom stereocenters. The van der Waals surface area contributed by atoms with Gasteiger partial charge in [-0.15, -0.1) is 0 Å². The summed E-state index contributed by atoms with van der Waals surface area (Å²) in [6, 6.07) is 0. The van der Waals surface area contributed by atoms with Crippen molar-refractivity contribution >= 4 is 17.7 Å². The van der Waals surface area contributed by atoms with Crippen LogP contribution in [-0.4, -0.2) is 63.6 Å². The first-order chi connectivity index (χ1) is 7.88. The minimum atomic E-state index is -1.50. The number of ether oxygens (including phenoxy) is 1. The number of Topliss-reactive ketones (excluding diaryl/α,β-unsaturated/α-hetero) is 1. The molecule has 0 aromatic heterocycles. The zero-order valence-electron chi connectivity index (χ0n) is 8.90. The van der Waals surface area contributed by atoms with Gasteiger partial charge in [0.05, 0.1) is 13.0 Å². The van der Waals surface area contributed by atoms with Gasteiger partial charge in [0.25, 0.3) is 0 Å². The number of aliphatic hydroxyl groups excluding tert-OH is 3. The van der Waals surface area contributed by atoms with Crippen LogP contribution in [0, 0.1) is 0 Å². The number of hydrogen-bond donors (Lipinski definition) is 4. The number of aliphatic hydroxyl groups is 3. The van der Waals surface area contributed by atoms with Crippen molar-refractivity contribution in [1.29, 1.82) is 0 Å². The smallest absolute Gasteiger partial charge is 0.374 e. The molecule has 0 rings (SSSR count). The number of carbonyl (C=O) groups is 3. The summed E-state index contributed by atoms with van der Waals surface area (Å²) in [6.45, 7) is -1.37.